The van der Waals surface area contributed by atoms with Gasteiger partial charge in [0, 0.05) is 43.5 Å². The number of allylic oxidation sites excluding steroid dienone is 4. The normalized spacial score (nSPS) is 17.5. The van der Waals surface area contributed by atoms with E-state index in [4.69, 9.17) is 4.74 Å². The molecule has 7 heteroatoms. The van der Waals surface area contributed by atoms with E-state index < -0.39 is 0 Å². The fourth-order valence-electron chi connectivity index (χ4n) is 5.18. The van der Waals surface area contributed by atoms with Crippen LogP contribution < -0.4 is 5.32 Å². The summed E-state index contributed by atoms with van der Waals surface area (Å²) in [5.74, 6) is -0.164. The van der Waals surface area contributed by atoms with E-state index in [1.165, 1.54) is 16.7 Å². The number of amides is 1. The molecule has 7 nitrogen and oxygen atoms in total. The van der Waals surface area contributed by atoms with Gasteiger partial charge >= 0.3 is 0 Å². The van der Waals surface area contributed by atoms with Crippen LogP contribution in [-0.4, -0.2) is 52.7 Å². The lowest BCUT2D eigenvalue weighted by Crippen LogP contribution is -2.35. The molecule has 6 rings (SSSR count). The van der Waals surface area contributed by atoms with Gasteiger partial charge in [0.2, 0.25) is 0 Å². The molecule has 0 unspecified atom stereocenters. The van der Waals surface area contributed by atoms with E-state index in [-0.39, 0.29) is 18.1 Å². The Labute approximate surface area is 222 Å². The van der Waals surface area contributed by atoms with Gasteiger partial charge in [-0.2, -0.15) is 5.10 Å². The Kier molecular flexibility index (Phi) is 6.86. The molecule has 2 heterocycles. The first-order chi connectivity index (χ1) is 18.6. The first kappa shape index (κ1) is 24.3. The van der Waals surface area contributed by atoms with Crippen LogP contribution in [0.3, 0.4) is 0 Å². The van der Waals surface area contributed by atoms with Crippen molar-refractivity contribution in [3.05, 3.63) is 118 Å². The zero-order chi connectivity index (χ0) is 25.9. The summed E-state index contributed by atoms with van der Waals surface area (Å²) in [6.07, 6.45) is 10.0. The van der Waals surface area contributed by atoms with Crippen LogP contribution in [0.25, 0.3) is 6.08 Å². The van der Waals surface area contributed by atoms with Crippen molar-refractivity contribution in [1.82, 2.24) is 20.0 Å². The van der Waals surface area contributed by atoms with E-state index >= 15 is 0 Å². The number of Topliss-reactive ketones (excluding diaryl/α,β-unsaturated/α-hetero) is 1. The van der Waals surface area contributed by atoms with Crippen LogP contribution in [0.5, 0.6) is 0 Å². The number of carbonyl (C=O) groups is 2. The van der Waals surface area contributed by atoms with Gasteiger partial charge in [-0.15, -0.1) is 0 Å². The van der Waals surface area contributed by atoms with Gasteiger partial charge in [0.05, 0.1) is 31.5 Å². The molecule has 0 bridgehead atoms. The maximum atomic E-state index is 12.9. The number of nitrogens with one attached hydrogen (secondary N) is 1. The van der Waals surface area contributed by atoms with Gasteiger partial charge in [0.25, 0.3) is 5.91 Å². The Balaban J connectivity index is 1.13. The lowest BCUT2D eigenvalue weighted by Gasteiger charge is -2.26. The second-order valence-corrected chi connectivity index (χ2v) is 9.98. The topological polar surface area (TPSA) is 76.5 Å². The molecule has 1 aromatic heterocycles. The van der Waals surface area contributed by atoms with Crippen molar-refractivity contribution in [2.75, 3.05) is 26.3 Å². The Bertz CT molecular complexity index is 1460. The molecule has 2 aliphatic carbocycles. The number of morpholine rings is 1. The van der Waals surface area contributed by atoms with Gasteiger partial charge in [-0.1, -0.05) is 60.7 Å². The van der Waals surface area contributed by atoms with E-state index in [0.717, 1.165) is 50.4 Å². The fourth-order valence-corrected chi connectivity index (χ4v) is 5.18. The van der Waals surface area contributed by atoms with Crippen molar-refractivity contribution in [2.45, 2.75) is 25.9 Å². The molecule has 0 radical (unpaired) electrons. The Morgan fingerprint density at radius 2 is 1.84 bits per heavy atom. The average molecular weight is 507 g/mol. The highest BCUT2D eigenvalue weighted by Gasteiger charge is 2.24. The van der Waals surface area contributed by atoms with Crippen molar-refractivity contribution in [2.24, 2.45) is 0 Å². The van der Waals surface area contributed by atoms with Crippen molar-refractivity contribution in [3.63, 3.8) is 0 Å². The highest BCUT2D eigenvalue weighted by molar-refractivity contribution is 6.04. The number of aromatic nitrogens is 2. The van der Waals surface area contributed by atoms with E-state index in [9.17, 15) is 9.59 Å². The third-order valence-electron chi connectivity index (χ3n) is 7.23. The minimum atomic E-state index is -0.239. The molecule has 1 fully saturated rings. The molecule has 2 aromatic carbocycles. The highest BCUT2D eigenvalue weighted by Crippen LogP contribution is 2.33. The molecule has 3 aliphatic rings. The van der Waals surface area contributed by atoms with Crippen LogP contribution >= 0.6 is 0 Å². The number of ketones is 1. The number of carbonyl (C=O) groups excluding carboxylic acids is 2. The standard InChI is InChI=1S/C31H30N4O3/c36-30-9-8-28(33-31(37)27-18-32-35(21-27)20-22-4-2-1-3-5-22)17-29(30)26-15-24-7-6-23(14-25(24)16-26)19-34-10-12-38-13-11-34/h1-8,14,16-18,21H,9-13,15,19-20H2,(H,33,37). The van der Waals surface area contributed by atoms with Crippen molar-refractivity contribution < 1.29 is 14.3 Å². The largest absolute Gasteiger partial charge is 0.379 e. The van der Waals surface area contributed by atoms with E-state index in [2.05, 4.69) is 39.6 Å². The fraction of sp³-hybridized carbons (Fsp3) is 0.258. The molecule has 1 amide bonds. The van der Waals surface area contributed by atoms with Crippen LogP contribution in [0.4, 0.5) is 0 Å². The minimum absolute atomic E-state index is 0.0753. The summed E-state index contributed by atoms with van der Waals surface area (Å²) in [5, 5.41) is 7.29. The van der Waals surface area contributed by atoms with Crippen molar-refractivity contribution in [1.29, 1.82) is 0 Å². The minimum Gasteiger partial charge on any atom is -0.379 e. The van der Waals surface area contributed by atoms with Gasteiger partial charge < -0.3 is 10.1 Å². The van der Waals surface area contributed by atoms with Crippen LogP contribution in [0.15, 0.2) is 89.9 Å². The Morgan fingerprint density at radius 1 is 1.00 bits per heavy atom. The molecule has 192 valence electrons. The lowest BCUT2D eigenvalue weighted by atomic mass is 9.93. The van der Waals surface area contributed by atoms with Crippen LogP contribution in [0.2, 0.25) is 0 Å². The number of hydrogen-bond donors (Lipinski definition) is 1. The smallest absolute Gasteiger partial charge is 0.258 e. The maximum Gasteiger partial charge on any atom is 0.258 e. The van der Waals surface area contributed by atoms with E-state index in [0.29, 0.717) is 23.4 Å². The monoisotopic (exact) mass is 506 g/mol. The quantitative estimate of drug-likeness (QED) is 0.526. The second-order valence-electron chi connectivity index (χ2n) is 9.98. The predicted molar refractivity (Wildman–Crippen MR) is 145 cm³/mol. The van der Waals surface area contributed by atoms with Crippen molar-refractivity contribution in [3.8, 4) is 0 Å². The van der Waals surface area contributed by atoms with Gasteiger partial charge in [0.1, 0.15) is 0 Å². The van der Waals surface area contributed by atoms with Crippen molar-refractivity contribution >= 4 is 17.8 Å². The zero-order valence-corrected chi connectivity index (χ0v) is 21.2. The zero-order valence-electron chi connectivity index (χ0n) is 21.2. The number of ether oxygens (including phenoxy) is 1. The Morgan fingerprint density at radius 3 is 2.68 bits per heavy atom. The predicted octanol–water partition coefficient (Wildman–Crippen LogP) is 3.92. The third kappa shape index (κ3) is 5.44. The molecule has 3 aromatic rings. The van der Waals surface area contributed by atoms with E-state index in [1.807, 2.05) is 36.4 Å². The second kappa shape index (κ2) is 10.7. The number of nitrogens with zero attached hydrogens (tertiary/aromatic N) is 3. The summed E-state index contributed by atoms with van der Waals surface area (Å²) in [6, 6.07) is 16.6. The first-order valence-electron chi connectivity index (χ1n) is 13.1. The summed E-state index contributed by atoms with van der Waals surface area (Å²) in [7, 11) is 0. The summed E-state index contributed by atoms with van der Waals surface area (Å²) >= 11 is 0. The molecule has 1 aliphatic heterocycles. The average Bonchev–Trinajstić information content (AvgIpc) is 3.58. The van der Waals surface area contributed by atoms with Gasteiger partial charge in [-0.3, -0.25) is 19.2 Å². The number of hydrogen-bond acceptors (Lipinski definition) is 5. The molecular formula is C31H30N4O3. The number of benzene rings is 2. The summed E-state index contributed by atoms with van der Waals surface area (Å²) in [6.45, 7) is 4.98. The summed E-state index contributed by atoms with van der Waals surface area (Å²) in [4.78, 5) is 28.2. The van der Waals surface area contributed by atoms with E-state index in [1.54, 1.807) is 23.2 Å². The van der Waals surface area contributed by atoms with Gasteiger partial charge in [0.15, 0.2) is 5.78 Å². The molecule has 0 atom stereocenters. The summed E-state index contributed by atoms with van der Waals surface area (Å²) in [5.41, 5.74) is 7.59. The summed E-state index contributed by atoms with van der Waals surface area (Å²) < 4.78 is 7.21. The van der Waals surface area contributed by atoms with Crippen LogP contribution in [0.1, 0.15) is 39.0 Å². The van der Waals surface area contributed by atoms with Crippen LogP contribution in [0, 0.1) is 0 Å². The third-order valence-corrected chi connectivity index (χ3v) is 7.23. The first-order valence-corrected chi connectivity index (χ1v) is 13.1. The number of rotatable bonds is 7. The molecule has 1 saturated heterocycles. The molecule has 0 spiro atoms. The SMILES string of the molecule is O=C1CC=C(NC(=O)c2cnn(Cc3ccccc3)c2)C=C1C1=Cc2cc(CN3CCOCC3)ccc2C1. The molecule has 38 heavy (non-hydrogen) atoms. The number of fused-ring (bicyclic) bond motifs is 1. The Hall–Kier alpha value is -4.07. The maximum absolute atomic E-state index is 12.9. The van der Waals surface area contributed by atoms with Gasteiger partial charge in [-0.05, 0) is 40.3 Å². The lowest BCUT2D eigenvalue weighted by molar-refractivity contribution is -0.114. The van der Waals surface area contributed by atoms with Crippen LogP contribution in [-0.2, 0) is 29.0 Å². The highest BCUT2D eigenvalue weighted by atomic mass is 16.5. The van der Waals surface area contributed by atoms with Gasteiger partial charge in [-0.25, -0.2) is 0 Å². The molecule has 1 N–H and O–H groups in total. The molecular weight excluding hydrogens is 476 g/mol. The molecule has 0 saturated carbocycles.